The van der Waals surface area contributed by atoms with Crippen molar-refractivity contribution in [1.82, 2.24) is 5.32 Å². The second-order valence-electron chi connectivity index (χ2n) is 7.60. The summed E-state index contributed by atoms with van der Waals surface area (Å²) in [7, 11) is 1.52. The summed E-state index contributed by atoms with van der Waals surface area (Å²) >= 11 is 0. The van der Waals surface area contributed by atoms with Gasteiger partial charge in [-0.1, -0.05) is 39.0 Å². The number of methoxy groups -OCH3 is 1. The van der Waals surface area contributed by atoms with Gasteiger partial charge >= 0.3 is 0 Å². The minimum atomic E-state index is -0.217. The van der Waals surface area contributed by atoms with E-state index in [0.717, 1.165) is 11.3 Å². The quantitative estimate of drug-likeness (QED) is 0.499. The maximum absolute atomic E-state index is 12.0. The molecule has 0 spiro atoms. The number of amides is 1. The zero-order valence-electron chi connectivity index (χ0n) is 17.9. The normalized spacial score (nSPS) is 11.0. The van der Waals surface area contributed by atoms with Crippen molar-refractivity contribution >= 4 is 12.0 Å². The van der Waals surface area contributed by atoms with Crippen LogP contribution in [0.2, 0.25) is 0 Å². The number of nitrogens with one attached hydrogen (secondary N) is 1. The van der Waals surface area contributed by atoms with Crippen LogP contribution in [0, 0.1) is 11.3 Å². The first-order valence-electron chi connectivity index (χ1n) is 9.70. The Morgan fingerprint density at radius 2 is 1.83 bits per heavy atom. The van der Waals surface area contributed by atoms with Crippen molar-refractivity contribution in [2.75, 3.05) is 26.9 Å². The Morgan fingerprint density at radius 1 is 1.10 bits per heavy atom. The second-order valence-corrected chi connectivity index (χ2v) is 7.60. The van der Waals surface area contributed by atoms with E-state index < -0.39 is 0 Å². The molecule has 0 aliphatic heterocycles. The number of carbonyl (C=O) groups excluding carboxylic acids is 1. The van der Waals surface area contributed by atoms with Gasteiger partial charge in [-0.3, -0.25) is 4.79 Å². The van der Waals surface area contributed by atoms with E-state index in [1.54, 1.807) is 24.3 Å². The highest BCUT2D eigenvalue weighted by molar-refractivity contribution is 5.91. The standard InChI is InChI=1S/C24H28N2O4/c1-24(2,3)19-7-9-20(10-8-19)29-16-14-26-23(27)12-6-18-5-11-21(30-15-13-25)22(17-18)28-4/h5-12,17H,14-16H2,1-4H3,(H,26,27)/b12-6+. The molecule has 0 atom stereocenters. The van der Waals surface area contributed by atoms with E-state index in [-0.39, 0.29) is 17.9 Å². The molecule has 0 aliphatic rings. The van der Waals surface area contributed by atoms with Crippen molar-refractivity contribution < 1.29 is 19.0 Å². The Labute approximate surface area is 178 Å². The lowest BCUT2D eigenvalue weighted by Crippen LogP contribution is -2.26. The molecule has 2 aromatic carbocycles. The highest BCUT2D eigenvalue weighted by Crippen LogP contribution is 2.28. The maximum Gasteiger partial charge on any atom is 0.244 e. The van der Waals surface area contributed by atoms with Crippen molar-refractivity contribution in [3.05, 3.63) is 59.7 Å². The minimum Gasteiger partial charge on any atom is -0.493 e. The van der Waals surface area contributed by atoms with Crippen LogP contribution < -0.4 is 19.5 Å². The molecule has 6 nitrogen and oxygen atoms in total. The fourth-order valence-electron chi connectivity index (χ4n) is 2.64. The second kappa shape index (κ2) is 10.9. The molecule has 0 aliphatic carbocycles. The predicted octanol–water partition coefficient (Wildman–Crippen LogP) is 4.10. The summed E-state index contributed by atoms with van der Waals surface area (Å²) < 4.78 is 16.2. The van der Waals surface area contributed by atoms with Crippen LogP contribution >= 0.6 is 0 Å². The van der Waals surface area contributed by atoms with Crippen LogP contribution in [0.25, 0.3) is 6.08 Å². The molecule has 1 amide bonds. The van der Waals surface area contributed by atoms with Gasteiger partial charge in [-0.15, -0.1) is 0 Å². The van der Waals surface area contributed by atoms with E-state index >= 15 is 0 Å². The Bertz CT molecular complexity index is 906. The molecule has 6 heteroatoms. The fourth-order valence-corrected chi connectivity index (χ4v) is 2.64. The van der Waals surface area contributed by atoms with Gasteiger partial charge in [0.25, 0.3) is 0 Å². The van der Waals surface area contributed by atoms with Gasteiger partial charge in [0.1, 0.15) is 18.4 Å². The number of carbonyl (C=O) groups is 1. The summed E-state index contributed by atoms with van der Waals surface area (Å²) in [4.78, 5) is 12.0. The summed E-state index contributed by atoms with van der Waals surface area (Å²) in [6, 6.07) is 15.1. The Morgan fingerprint density at radius 3 is 2.47 bits per heavy atom. The first-order valence-corrected chi connectivity index (χ1v) is 9.70. The summed E-state index contributed by atoms with van der Waals surface area (Å²) in [5, 5.41) is 11.4. The number of hydrogen-bond donors (Lipinski definition) is 1. The van der Waals surface area contributed by atoms with Crippen molar-refractivity contribution in [2.24, 2.45) is 0 Å². The van der Waals surface area contributed by atoms with E-state index in [4.69, 9.17) is 19.5 Å². The third-order valence-corrected chi connectivity index (χ3v) is 4.30. The van der Waals surface area contributed by atoms with Gasteiger partial charge in [0, 0.05) is 6.08 Å². The monoisotopic (exact) mass is 408 g/mol. The van der Waals surface area contributed by atoms with E-state index in [2.05, 4.69) is 38.2 Å². The number of ether oxygens (including phenoxy) is 3. The van der Waals surface area contributed by atoms with Gasteiger partial charge in [-0.2, -0.15) is 5.26 Å². The molecule has 0 radical (unpaired) electrons. The van der Waals surface area contributed by atoms with Crippen molar-refractivity contribution in [2.45, 2.75) is 26.2 Å². The largest absolute Gasteiger partial charge is 0.493 e. The smallest absolute Gasteiger partial charge is 0.244 e. The van der Waals surface area contributed by atoms with Gasteiger partial charge in [0.05, 0.1) is 13.7 Å². The lowest BCUT2D eigenvalue weighted by Gasteiger charge is -2.19. The zero-order valence-corrected chi connectivity index (χ0v) is 17.9. The fraction of sp³-hybridized carbons (Fsp3) is 0.333. The van der Waals surface area contributed by atoms with Crippen molar-refractivity contribution in [1.29, 1.82) is 5.26 Å². The lowest BCUT2D eigenvalue weighted by molar-refractivity contribution is -0.116. The molecule has 0 saturated carbocycles. The number of rotatable bonds is 9. The summed E-state index contributed by atoms with van der Waals surface area (Å²) in [6.45, 7) is 7.22. The highest BCUT2D eigenvalue weighted by Gasteiger charge is 2.12. The van der Waals surface area contributed by atoms with E-state index in [1.807, 2.05) is 18.2 Å². The molecular formula is C24H28N2O4. The molecule has 0 unspecified atom stereocenters. The Kier molecular flexibility index (Phi) is 8.30. The topological polar surface area (TPSA) is 80.6 Å². The number of nitriles is 1. The van der Waals surface area contributed by atoms with Crippen LogP contribution in [0.1, 0.15) is 31.9 Å². The SMILES string of the molecule is COc1cc(/C=C/C(=O)NCCOc2ccc(C(C)(C)C)cc2)ccc1OCC#N. The zero-order chi connectivity index (χ0) is 22.0. The number of nitrogens with zero attached hydrogens (tertiary/aromatic N) is 1. The minimum absolute atomic E-state index is 0.0588. The molecule has 0 aromatic heterocycles. The predicted molar refractivity (Wildman–Crippen MR) is 117 cm³/mol. The average Bonchev–Trinajstić information content (AvgIpc) is 2.73. The first kappa shape index (κ1) is 22.8. The third-order valence-electron chi connectivity index (χ3n) is 4.30. The van der Waals surface area contributed by atoms with Gasteiger partial charge in [0.2, 0.25) is 5.91 Å². The summed E-state index contributed by atoms with van der Waals surface area (Å²) in [6.07, 6.45) is 3.13. The first-order chi connectivity index (χ1) is 14.3. The van der Waals surface area contributed by atoms with Gasteiger partial charge in [-0.25, -0.2) is 0 Å². The van der Waals surface area contributed by atoms with Gasteiger partial charge in [-0.05, 0) is 46.9 Å². The molecule has 158 valence electrons. The van der Waals surface area contributed by atoms with E-state index in [1.165, 1.54) is 18.7 Å². The molecule has 0 fully saturated rings. The van der Waals surface area contributed by atoms with Gasteiger partial charge in [0.15, 0.2) is 18.1 Å². The molecule has 1 N–H and O–H groups in total. The van der Waals surface area contributed by atoms with E-state index in [9.17, 15) is 4.79 Å². The van der Waals surface area contributed by atoms with Crippen LogP contribution in [0.15, 0.2) is 48.5 Å². The van der Waals surface area contributed by atoms with Crippen LogP contribution in [0.4, 0.5) is 0 Å². The summed E-state index contributed by atoms with van der Waals surface area (Å²) in [5.41, 5.74) is 2.13. The summed E-state index contributed by atoms with van der Waals surface area (Å²) in [5.74, 6) is 1.54. The van der Waals surface area contributed by atoms with Crippen LogP contribution in [-0.2, 0) is 10.2 Å². The number of benzene rings is 2. The van der Waals surface area contributed by atoms with Crippen LogP contribution in [0.5, 0.6) is 17.2 Å². The van der Waals surface area contributed by atoms with Crippen molar-refractivity contribution in [3.8, 4) is 23.3 Å². The molecule has 0 saturated heterocycles. The van der Waals surface area contributed by atoms with Gasteiger partial charge < -0.3 is 19.5 Å². The lowest BCUT2D eigenvalue weighted by atomic mass is 9.87. The maximum atomic E-state index is 12.0. The third kappa shape index (κ3) is 7.17. The number of hydrogen-bond acceptors (Lipinski definition) is 5. The molecule has 2 aromatic rings. The molecule has 30 heavy (non-hydrogen) atoms. The van der Waals surface area contributed by atoms with E-state index in [0.29, 0.717) is 24.7 Å². The molecule has 0 heterocycles. The van der Waals surface area contributed by atoms with Crippen molar-refractivity contribution in [3.63, 3.8) is 0 Å². The molecule has 0 bridgehead atoms. The highest BCUT2D eigenvalue weighted by atomic mass is 16.5. The molecule has 2 rings (SSSR count). The van der Waals surface area contributed by atoms with Crippen LogP contribution in [0.3, 0.4) is 0 Å². The Balaban J connectivity index is 1.79. The van der Waals surface area contributed by atoms with Crippen LogP contribution in [-0.4, -0.2) is 32.8 Å². The average molecular weight is 408 g/mol. The molecular weight excluding hydrogens is 380 g/mol. The Hall–Kier alpha value is -3.46.